The van der Waals surface area contributed by atoms with Crippen molar-refractivity contribution in [3.05, 3.63) is 82.0 Å². The molecule has 0 saturated heterocycles. The molecule has 29 heavy (non-hydrogen) atoms. The van der Waals surface area contributed by atoms with E-state index in [1.165, 1.54) is 28.3 Å². The van der Waals surface area contributed by atoms with Crippen molar-refractivity contribution in [1.29, 1.82) is 0 Å². The van der Waals surface area contributed by atoms with Gasteiger partial charge in [-0.1, -0.05) is 45.0 Å². The minimum absolute atomic E-state index is 0.0668. The van der Waals surface area contributed by atoms with Crippen molar-refractivity contribution in [2.24, 2.45) is 0 Å². The Labute approximate surface area is 167 Å². The van der Waals surface area contributed by atoms with E-state index in [1.54, 1.807) is 12.1 Å². The Bertz CT molecular complexity index is 1200. The summed E-state index contributed by atoms with van der Waals surface area (Å²) in [6, 6.07) is 15.6. The van der Waals surface area contributed by atoms with Crippen molar-refractivity contribution in [2.75, 3.05) is 5.32 Å². The van der Waals surface area contributed by atoms with Gasteiger partial charge in [-0.15, -0.1) is 0 Å². The van der Waals surface area contributed by atoms with Crippen molar-refractivity contribution in [3.8, 4) is 11.4 Å². The number of H-pyrrole nitrogens is 1. The Hall–Kier alpha value is -3.48. The molecule has 0 unspecified atom stereocenters. The number of anilines is 1. The van der Waals surface area contributed by atoms with Gasteiger partial charge in [0.25, 0.3) is 11.3 Å². The fraction of sp³-hybridized carbons (Fsp3) is 0.227. The number of hydrogen-bond acceptors (Lipinski definition) is 4. The maximum atomic E-state index is 13.0. The average Bonchev–Trinajstić information content (AvgIpc) is 3.12. The minimum Gasteiger partial charge on any atom is -0.379 e. The molecule has 4 rings (SSSR count). The van der Waals surface area contributed by atoms with E-state index >= 15 is 0 Å². The van der Waals surface area contributed by atoms with E-state index in [1.807, 2.05) is 12.1 Å². The fourth-order valence-electron chi connectivity index (χ4n) is 3.04. The standard InChI is InChI=1S/C22H22FN5O/c1-22(2,3)15-6-4-14(5-7-15)20-26-21-25-18(12-19(29)28(21)27-20)13-24-17-10-8-16(23)9-11-17/h4-12,24H,13H2,1-3H3,(H,25,26,27). The van der Waals surface area contributed by atoms with Crippen LogP contribution in [0.25, 0.3) is 17.2 Å². The Kier molecular flexibility index (Phi) is 4.66. The van der Waals surface area contributed by atoms with Crippen LogP contribution in [0.5, 0.6) is 0 Å². The summed E-state index contributed by atoms with van der Waals surface area (Å²) < 4.78 is 14.3. The van der Waals surface area contributed by atoms with Crippen molar-refractivity contribution >= 4 is 11.5 Å². The lowest BCUT2D eigenvalue weighted by atomic mass is 9.87. The van der Waals surface area contributed by atoms with Gasteiger partial charge in [-0.25, -0.2) is 9.37 Å². The van der Waals surface area contributed by atoms with Crippen LogP contribution in [0.4, 0.5) is 10.1 Å². The lowest BCUT2D eigenvalue weighted by Crippen LogP contribution is -2.17. The summed E-state index contributed by atoms with van der Waals surface area (Å²) in [4.78, 5) is 21.4. The molecule has 0 radical (unpaired) electrons. The highest BCUT2D eigenvalue weighted by Gasteiger charge is 2.14. The van der Waals surface area contributed by atoms with E-state index in [0.29, 0.717) is 23.8 Å². The van der Waals surface area contributed by atoms with Crippen LogP contribution in [-0.4, -0.2) is 19.6 Å². The molecule has 0 aliphatic heterocycles. The second-order valence-corrected chi connectivity index (χ2v) is 7.98. The molecule has 0 saturated carbocycles. The van der Waals surface area contributed by atoms with Crippen LogP contribution in [0.1, 0.15) is 32.0 Å². The van der Waals surface area contributed by atoms with Crippen molar-refractivity contribution in [1.82, 2.24) is 19.6 Å². The molecule has 2 aromatic heterocycles. The molecule has 7 heteroatoms. The maximum absolute atomic E-state index is 13.0. The van der Waals surface area contributed by atoms with Crippen molar-refractivity contribution < 1.29 is 4.39 Å². The Morgan fingerprint density at radius 2 is 1.72 bits per heavy atom. The van der Waals surface area contributed by atoms with Crippen LogP contribution in [0.15, 0.2) is 59.4 Å². The fourth-order valence-corrected chi connectivity index (χ4v) is 3.04. The molecule has 0 aliphatic carbocycles. The third kappa shape index (κ3) is 4.03. The molecule has 0 fully saturated rings. The van der Waals surface area contributed by atoms with Crippen molar-refractivity contribution in [3.63, 3.8) is 0 Å². The predicted octanol–water partition coefficient (Wildman–Crippen LogP) is 4.13. The summed E-state index contributed by atoms with van der Waals surface area (Å²) in [6.45, 7) is 6.82. The Balaban J connectivity index is 1.60. The van der Waals surface area contributed by atoms with Crippen LogP contribution in [0.3, 0.4) is 0 Å². The van der Waals surface area contributed by atoms with Crippen molar-refractivity contribution in [2.45, 2.75) is 32.7 Å². The quantitative estimate of drug-likeness (QED) is 0.548. The van der Waals surface area contributed by atoms with Gasteiger partial charge in [-0.3, -0.25) is 9.89 Å². The highest BCUT2D eigenvalue weighted by molar-refractivity contribution is 5.57. The molecule has 2 N–H and O–H groups in total. The first-order chi connectivity index (χ1) is 13.8. The minimum atomic E-state index is -0.298. The molecule has 148 valence electrons. The molecular formula is C22H22FN5O. The predicted molar refractivity (Wildman–Crippen MR) is 111 cm³/mol. The molecule has 4 aromatic rings. The number of aromatic nitrogens is 4. The lowest BCUT2D eigenvalue weighted by Gasteiger charge is -2.18. The van der Waals surface area contributed by atoms with Crippen LogP contribution >= 0.6 is 0 Å². The van der Waals surface area contributed by atoms with Gasteiger partial charge in [0, 0.05) is 17.3 Å². The number of nitrogens with zero attached hydrogens (tertiary/aromatic N) is 3. The normalized spacial score (nSPS) is 11.7. The topological polar surface area (TPSA) is 75.1 Å². The number of aromatic amines is 1. The van der Waals surface area contributed by atoms with E-state index in [2.05, 4.69) is 53.3 Å². The summed E-state index contributed by atoms with van der Waals surface area (Å²) in [5, 5.41) is 6.14. The third-order valence-electron chi connectivity index (χ3n) is 4.73. The number of hydrogen-bond donors (Lipinski definition) is 2. The second kappa shape index (κ2) is 7.16. The van der Waals surface area contributed by atoms with Crippen LogP contribution < -0.4 is 10.9 Å². The number of benzene rings is 2. The molecule has 0 bridgehead atoms. The van der Waals surface area contributed by atoms with Crippen LogP contribution in [-0.2, 0) is 12.0 Å². The van der Waals surface area contributed by atoms with E-state index < -0.39 is 0 Å². The van der Waals surface area contributed by atoms with E-state index in [4.69, 9.17) is 0 Å². The molecule has 0 spiro atoms. The number of nitrogens with one attached hydrogen (secondary N) is 2. The van der Waals surface area contributed by atoms with Crippen LogP contribution in [0, 0.1) is 5.82 Å². The smallest absolute Gasteiger partial charge is 0.274 e. The van der Waals surface area contributed by atoms with Gasteiger partial charge < -0.3 is 5.32 Å². The summed E-state index contributed by atoms with van der Waals surface area (Å²) in [5.41, 5.74) is 3.24. The molecule has 0 aliphatic rings. The highest BCUT2D eigenvalue weighted by Crippen LogP contribution is 2.24. The molecule has 2 heterocycles. The first-order valence-electron chi connectivity index (χ1n) is 9.39. The molecule has 2 aromatic carbocycles. The summed E-state index contributed by atoms with van der Waals surface area (Å²) in [6.07, 6.45) is 0. The highest BCUT2D eigenvalue weighted by atomic mass is 19.1. The monoisotopic (exact) mass is 391 g/mol. The Morgan fingerprint density at radius 3 is 2.38 bits per heavy atom. The van der Waals surface area contributed by atoms with E-state index in [-0.39, 0.29) is 16.8 Å². The molecule has 6 nitrogen and oxygen atoms in total. The largest absolute Gasteiger partial charge is 0.379 e. The SMILES string of the molecule is CC(C)(C)c1ccc(-c2nc3nc(CNc4ccc(F)cc4)cc(=O)n3[nH]2)cc1. The van der Waals surface area contributed by atoms with Crippen LogP contribution in [0.2, 0.25) is 0 Å². The summed E-state index contributed by atoms with van der Waals surface area (Å²) in [7, 11) is 0. The lowest BCUT2D eigenvalue weighted by molar-refractivity contribution is 0.590. The Morgan fingerprint density at radius 1 is 1.03 bits per heavy atom. The van der Waals surface area contributed by atoms with Gasteiger partial charge in [-0.2, -0.15) is 9.50 Å². The number of fused-ring (bicyclic) bond motifs is 1. The van der Waals surface area contributed by atoms with Gasteiger partial charge in [0.1, 0.15) is 5.82 Å². The first-order valence-corrected chi connectivity index (χ1v) is 9.39. The van der Waals surface area contributed by atoms with Gasteiger partial charge in [-0.05, 0) is 35.2 Å². The molecule has 0 amide bonds. The zero-order valence-corrected chi connectivity index (χ0v) is 16.5. The average molecular weight is 391 g/mol. The van der Waals surface area contributed by atoms with Gasteiger partial charge in [0.15, 0.2) is 5.82 Å². The van der Waals surface area contributed by atoms with Gasteiger partial charge >= 0.3 is 0 Å². The zero-order valence-electron chi connectivity index (χ0n) is 16.5. The molecular weight excluding hydrogens is 369 g/mol. The summed E-state index contributed by atoms with van der Waals surface area (Å²) >= 11 is 0. The van der Waals surface area contributed by atoms with E-state index in [9.17, 15) is 9.18 Å². The van der Waals surface area contributed by atoms with Gasteiger partial charge in [0.05, 0.1) is 12.2 Å². The number of halogens is 1. The summed E-state index contributed by atoms with van der Waals surface area (Å²) in [5.74, 6) is 0.593. The van der Waals surface area contributed by atoms with Gasteiger partial charge in [0.2, 0.25) is 0 Å². The maximum Gasteiger partial charge on any atom is 0.274 e. The second-order valence-electron chi connectivity index (χ2n) is 7.98. The first kappa shape index (κ1) is 18.9. The third-order valence-corrected chi connectivity index (χ3v) is 4.73. The molecule has 0 atom stereocenters. The number of rotatable bonds is 4. The van der Waals surface area contributed by atoms with E-state index in [0.717, 1.165) is 11.3 Å². The zero-order chi connectivity index (χ0) is 20.6.